The minimum Gasteiger partial charge on any atom is -0.494 e. The van der Waals surface area contributed by atoms with Crippen molar-refractivity contribution >= 4 is 41.4 Å². The van der Waals surface area contributed by atoms with E-state index in [2.05, 4.69) is 30.9 Å². The first-order valence-corrected chi connectivity index (χ1v) is 14.5. The molecule has 0 amide bonds. The fourth-order valence-electron chi connectivity index (χ4n) is 3.88. The summed E-state index contributed by atoms with van der Waals surface area (Å²) < 4.78 is 50.0. The molecule has 3 aromatic heterocycles. The van der Waals surface area contributed by atoms with E-state index in [1.807, 2.05) is 24.3 Å². The average molecular weight is 664 g/mol. The van der Waals surface area contributed by atoms with Gasteiger partial charge in [-0.15, -0.1) is 0 Å². The number of nitrogens with zero attached hydrogens (tertiary/aromatic N) is 3. The maximum Gasteiger partial charge on any atom is 0.519 e. The molecule has 0 saturated heterocycles. The van der Waals surface area contributed by atoms with Crippen LogP contribution in [-0.4, -0.2) is 39.6 Å². The van der Waals surface area contributed by atoms with E-state index in [0.717, 1.165) is 10.0 Å². The van der Waals surface area contributed by atoms with Gasteiger partial charge in [0.05, 0.1) is 26.7 Å². The van der Waals surface area contributed by atoms with Crippen molar-refractivity contribution in [2.45, 2.75) is 19.8 Å². The number of aromatic nitrogens is 4. The predicted molar refractivity (Wildman–Crippen MR) is 153 cm³/mol. The molecule has 1 unspecified atom stereocenters. The molecule has 1 atom stereocenters. The summed E-state index contributed by atoms with van der Waals surface area (Å²) in [6.07, 6.45) is 1.53. The molecule has 0 aliphatic heterocycles. The monoisotopic (exact) mass is 663 g/mol. The van der Waals surface area contributed by atoms with Crippen LogP contribution in [0.2, 0.25) is 0 Å². The normalized spacial score (nSPS) is 12.2. The largest absolute Gasteiger partial charge is 0.519 e. The molecule has 0 saturated carbocycles. The molecule has 0 aliphatic carbocycles. The molecule has 3 heterocycles. The van der Waals surface area contributed by atoms with Crippen molar-refractivity contribution in [2.24, 2.45) is 0 Å². The fraction of sp³-hybridized carbons (Fsp3) is 0.231. The highest BCUT2D eigenvalue weighted by Gasteiger charge is 2.21. The number of rotatable bonds is 13. The maximum atomic E-state index is 14.3. The van der Waals surface area contributed by atoms with Crippen molar-refractivity contribution in [2.75, 3.05) is 25.8 Å². The average Bonchev–Trinajstić information content (AvgIpc) is 3.55. The third kappa shape index (κ3) is 7.12. The van der Waals surface area contributed by atoms with Crippen LogP contribution in [-0.2, 0) is 33.5 Å². The molecule has 0 spiro atoms. The van der Waals surface area contributed by atoms with E-state index in [1.54, 1.807) is 4.57 Å². The number of hydrogen-bond donors (Lipinski definition) is 2. The lowest BCUT2D eigenvalue weighted by molar-refractivity contribution is 0.136. The molecule has 220 valence electrons. The van der Waals surface area contributed by atoms with E-state index < -0.39 is 25.6 Å². The molecule has 0 radical (unpaired) electrons. The first-order valence-electron chi connectivity index (χ1n) is 12.3. The number of halogens is 2. The van der Waals surface area contributed by atoms with Crippen LogP contribution in [0.5, 0.6) is 5.75 Å². The summed E-state index contributed by atoms with van der Waals surface area (Å²) in [6.45, 7) is 0.545. The summed E-state index contributed by atoms with van der Waals surface area (Å²) in [7, 11) is -0.322. The van der Waals surface area contributed by atoms with E-state index in [0.29, 0.717) is 12.2 Å². The van der Waals surface area contributed by atoms with Crippen molar-refractivity contribution in [3.05, 3.63) is 91.4 Å². The second-order valence-corrected chi connectivity index (χ2v) is 11.0. The van der Waals surface area contributed by atoms with Gasteiger partial charge in [0.25, 0.3) is 5.56 Å². The Kier molecular flexibility index (Phi) is 9.45. The van der Waals surface area contributed by atoms with Gasteiger partial charge in [-0.1, -0.05) is 28.1 Å². The van der Waals surface area contributed by atoms with Gasteiger partial charge in [0, 0.05) is 16.6 Å². The van der Waals surface area contributed by atoms with Gasteiger partial charge in [-0.2, -0.15) is 4.98 Å². The molecule has 0 fully saturated rings. The topological polar surface area (TPSA) is 170 Å². The van der Waals surface area contributed by atoms with Gasteiger partial charge in [0.1, 0.15) is 13.0 Å². The second kappa shape index (κ2) is 13.4. The number of hydrogen-bond acceptors (Lipinski definition) is 11. The van der Waals surface area contributed by atoms with Crippen molar-refractivity contribution in [1.29, 1.82) is 0 Å². The number of ether oxygens (including phenoxy) is 2. The summed E-state index contributed by atoms with van der Waals surface area (Å²) in [5.41, 5.74) is 6.89. The molecule has 16 heteroatoms. The molecule has 0 bridgehead atoms. The Bertz CT molecular complexity index is 1810. The summed E-state index contributed by atoms with van der Waals surface area (Å²) in [6, 6.07) is 11.7. The number of H-pyrrole nitrogens is 1. The standard InChI is InChI=1S/C26H24BrFN5O8P/c1-36-19-6-5-16(10-18(19)28)22-20(40-26(35)41-22)12-39-42(38-11-15-3-2-4-17(27)9-15)14-37-8-7-33-13-30-21-23(33)31-25(29)32-24(21)34/h2-6,9-10,13H,7-8,11-12,14H2,1H3,(H3,29,31,32,34). The van der Waals surface area contributed by atoms with Crippen LogP contribution < -0.4 is 21.9 Å². The lowest BCUT2D eigenvalue weighted by Gasteiger charge is -2.17. The Labute approximate surface area is 246 Å². The molecule has 0 aliphatic rings. The third-order valence-electron chi connectivity index (χ3n) is 5.83. The molecule has 5 aromatic rings. The van der Waals surface area contributed by atoms with Crippen LogP contribution >= 0.6 is 24.3 Å². The number of nitrogens with one attached hydrogen (secondary N) is 1. The first-order chi connectivity index (χ1) is 20.3. The predicted octanol–water partition coefficient (Wildman–Crippen LogP) is 4.54. The number of fused-ring (bicyclic) bond motifs is 1. The zero-order valence-electron chi connectivity index (χ0n) is 22.0. The van der Waals surface area contributed by atoms with E-state index in [4.69, 9.17) is 33.1 Å². The summed E-state index contributed by atoms with van der Waals surface area (Å²) in [5, 5.41) is 0. The molecule has 3 N–H and O–H groups in total. The third-order valence-corrected chi connectivity index (χ3v) is 7.55. The lowest BCUT2D eigenvalue weighted by Crippen LogP contribution is -2.13. The van der Waals surface area contributed by atoms with E-state index >= 15 is 0 Å². The van der Waals surface area contributed by atoms with Gasteiger partial charge in [0.15, 0.2) is 42.6 Å². The number of imidazole rings is 1. The van der Waals surface area contributed by atoms with Crippen molar-refractivity contribution in [3.63, 3.8) is 0 Å². The summed E-state index contributed by atoms with van der Waals surface area (Å²) in [5.74, 6) is -1.49. The van der Waals surface area contributed by atoms with E-state index in [9.17, 15) is 14.0 Å². The van der Waals surface area contributed by atoms with Crippen molar-refractivity contribution in [1.82, 2.24) is 19.5 Å². The molecule has 2 aromatic carbocycles. The SMILES string of the molecule is COc1ccc(-c2oc(=O)oc2COP(COCCn2cnc3c(=O)[nH]c(N)nc32)OCc2cccc(Br)c2)cc1F. The fourth-order valence-corrected chi connectivity index (χ4v) is 5.39. The van der Waals surface area contributed by atoms with Crippen LogP contribution in [0, 0.1) is 5.82 Å². The molecular formula is C26H24BrFN5O8P. The van der Waals surface area contributed by atoms with Crippen molar-refractivity contribution in [3.8, 4) is 17.1 Å². The van der Waals surface area contributed by atoms with E-state index in [1.165, 1.54) is 31.6 Å². The van der Waals surface area contributed by atoms with Gasteiger partial charge in [-0.25, -0.2) is 14.2 Å². The van der Waals surface area contributed by atoms with Gasteiger partial charge < -0.3 is 37.7 Å². The minimum atomic E-state index is -1.67. The Balaban J connectivity index is 1.26. The number of anilines is 1. The number of nitrogen functional groups attached to an aromatic ring is 1. The van der Waals surface area contributed by atoms with Crippen LogP contribution in [0.25, 0.3) is 22.5 Å². The Hall–Kier alpha value is -3.88. The zero-order chi connectivity index (χ0) is 29.6. The van der Waals surface area contributed by atoms with Gasteiger partial charge >= 0.3 is 5.82 Å². The number of nitrogens with two attached hydrogens (primary N) is 1. The number of aromatic amines is 1. The minimum absolute atomic E-state index is 0.0179. The smallest absolute Gasteiger partial charge is 0.494 e. The second-order valence-electron chi connectivity index (χ2n) is 8.66. The van der Waals surface area contributed by atoms with Crippen LogP contribution in [0.4, 0.5) is 10.3 Å². The molecule has 42 heavy (non-hydrogen) atoms. The number of methoxy groups -OCH3 is 1. The van der Waals surface area contributed by atoms with Crippen LogP contribution in [0.3, 0.4) is 0 Å². The molecular weight excluding hydrogens is 640 g/mol. The Morgan fingerprint density at radius 2 is 1.98 bits per heavy atom. The summed E-state index contributed by atoms with van der Waals surface area (Å²) in [4.78, 5) is 34.6. The van der Waals surface area contributed by atoms with E-state index in [-0.39, 0.29) is 60.5 Å². The summed E-state index contributed by atoms with van der Waals surface area (Å²) >= 11 is 3.44. The lowest BCUT2D eigenvalue weighted by atomic mass is 10.1. The highest BCUT2D eigenvalue weighted by Crippen LogP contribution is 2.41. The molecule has 5 rings (SSSR count). The quantitative estimate of drug-likeness (QED) is 0.134. The van der Waals surface area contributed by atoms with Crippen LogP contribution in [0.15, 0.2) is 71.7 Å². The van der Waals surface area contributed by atoms with Crippen molar-refractivity contribution < 1.29 is 31.7 Å². The van der Waals surface area contributed by atoms with Crippen LogP contribution in [0.1, 0.15) is 11.3 Å². The van der Waals surface area contributed by atoms with Gasteiger partial charge in [0.2, 0.25) is 5.95 Å². The van der Waals surface area contributed by atoms with Gasteiger partial charge in [-0.3, -0.25) is 9.78 Å². The molecule has 13 nitrogen and oxygen atoms in total. The zero-order valence-corrected chi connectivity index (χ0v) is 24.5. The Morgan fingerprint density at radius 1 is 1.14 bits per heavy atom. The number of benzene rings is 2. The Morgan fingerprint density at radius 3 is 2.76 bits per heavy atom. The highest BCUT2D eigenvalue weighted by molar-refractivity contribution is 9.10. The van der Waals surface area contributed by atoms with Gasteiger partial charge in [-0.05, 0) is 35.9 Å². The maximum absolute atomic E-state index is 14.3. The highest BCUT2D eigenvalue weighted by atomic mass is 79.9. The first kappa shape index (κ1) is 29.6.